The zero-order valence-corrected chi connectivity index (χ0v) is 19.8. The molecule has 0 saturated carbocycles. The number of carbonyl (C=O) groups excluding carboxylic acids is 2. The minimum atomic E-state index is -1.17. The lowest BCUT2D eigenvalue weighted by Crippen LogP contribution is -2.73. The van der Waals surface area contributed by atoms with E-state index in [0.717, 1.165) is 11.5 Å². The molecule has 1 aromatic heterocycles. The van der Waals surface area contributed by atoms with Gasteiger partial charge in [0.2, 0.25) is 17.4 Å². The van der Waals surface area contributed by atoms with Gasteiger partial charge in [-0.05, 0) is 6.08 Å². The summed E-state index contributed by atoms with van der Waals surface area (Å²) in [7, 11) is 7.29. The maximum atomic E-state index is 12.8. The first-order valence-corrected chi connectivity index (χ1v) is 11.4. The van der Waals surface area contributed by atoms with E-state index in [4.69, 9.17) is 10.6 Å². The third-order valence-electron chi connectivity index (χ3n) is 4.96. The molecular formula is C18H26N7O5S2+. The van der Waals surface area contributed by atoms with E-state index >= 15 is 0 Å². The van der Waals surface area contributed by atoms with Gasteiger partial charge in [-0.1, -0.05) is 11.2 Å². The third-order valence-corrected chi connectivity index (χ3v) is 7.05. The number of nitrogen functional groups attached to an aromatic ring is 1. The summed E-state index contributed by atoms with van der Waals surface area (Å²) >= 11 is 2.22. The lowest BCUT2D eigenvalue weighted by Gasteiger charge is -2.53. The van der Waals surface area contributed by atoms with Gasteiger partial charge in [-0.15, -0.1) is 11.8 Å². The standard InChI is InChI=1S/C18H25N7O5S2/c1-25(2,3)7-5-6-18(16(28)29)8-24-14(27)11(15(24)31-9-18)20-13(26)10(22-30-4)12-21-17(19)32-23-12/h5-6,11,15H,7-9H2,1-4H3,(H3-,19,20,21,23,26,28,29)/p+1/t11?,15-,18?/m1/s1. The minimum absolute atomic E-state index is 0.000872. The van der Waals surface area contributed by atoms with E-state index in [1.165, 1.54) is 23.8 Å². The summed E-state index contributed by atoms with van der Waals surface area (Å²) in [5, 5.41) is 16.0. The first-order chi connectivity index (χ1) is 15.0. The summed E-state index contributed by atoms with van der Waals surface area (Å²) in [6, 6.07) is -0.812. The largest absolute Gasteiger partial charge is 0.481 e. The highest BCUT2D eigenvalue weighted by Gasteiger charge is 2.57. The molecule has 174 valence electrons. The number of anilines is 1. The van der Waals surface area contributed by atoms with Crippen LogP contribution in [0.15, 0.2) is 17.3 Å². The molecule has 1 aromatic rings. The second kappa shape index (κ2) is 9.03. The predicted octanol–water partition coefficient (Wildman–Crippen LogP) is -0.796. The maximum absolute atomic E-state index is 12.8. The van der Waals surface area contributed by atoms with Crippen LogP contribution in [-0.2, 0) is 19.2 Å². The van der Waals surface area contributed by atoms with E-state index in [-0.39, 0.29) is 40.2 Å². The number of aliphatic carboxylic acids is 1. The normalized spacial score (nSPS) is 25.9. The Bertz CT molecular complexity index is 973. The van der Waals surface area contributed by atoms with Crippen LogP contribution in [0.1, 0.15) is 5.82 Å². The zero-order chi connectivity index (χ0) is 23.7. The maximum Gasteiger partial charge on any atom is 0.316 e. The third kappa shape index (κ3) is 4.86. The van der Waals surface area contributed by atoms with Crippen LogP contribution in [0.4, 0.5) is 5.13 Å². The Morgan fingerprint density at radius 1 is 1.47 bits per heavy atom. The molecule has 0 spiro atoms. The number of hydrogen-bond donors (Lipinski definition) is 3. The molecule has 12 nitrogen and oxygen atoms in total. The Morgan fingerprint density at radius 2 is 2.19 bits per heavy atom. The molecule has 14 heteroatoms. The van der Waals surface area contributed by atoms with E-state index in [1.807, 2.05) is 27.2 Å². The smallest absolute Gasteiger partial charge is 0.316 e. The summed E-state index contributed by atoms with van der Waals surface area (Å²) in [5.74, 6) is -1.74. The first kappa shape index (κ1) is 23.9. The molecule has 2 aliphatic heterocycles. The van der Waals surface area contributed by atoms with Gasteiger partial charge >= 0.3 is 5.97 Å². The van der Waals surface area contributed by atoms with Crippen molar-refractivity contribution in [1.29, 1.82) is 0 Å². The number of amides is 2. The Kier molecular flexibility index (Phi) is 6.76. The van der Waals surface area contributed by atoms with Crippen molar-refractivity contribution in [3.8, 4) is 0 Å². The van der Waals surface area contributed by atoms with Gasteiger partial charge in [-0.2, -0.15) is 9.36 Å². The number of aromatic nitrogens is 2. The predicted molar refractivity (Wildman–Crippen MR) is 120 cm³/mol. The van der Waals surface area contributed by atoms with Crippen molar-refractivity contribution < 1.29 is 28.8 Å². The second-order valence-corrected chi connectivity index (χ2v) is 10.4. The number of nitrogens with zero attached hydrogens (tertiary/aromatic N) is 5. The van der Waals surface area contributed by atoms with Crippen molar-refractivity contribution in [3.05, 3.63) is 18.0 Å². The zero-order valence-electron chi connectivity index (χ0n) is 18.1. The van der Waals surface area contributed by atoms with Gasteiger partial charge in [0.15, 0.2) is 5.13 Å². The van der Waals surface area contributed by atoms with Gasteiger partial charge in [0.25, 0.3) is 5.91 Å². The molecule has 0 aromatic carbocycles. The molecule has 2 amide bonds. The number of β-lactam (4-membered cyclic amide) rings is 1. The number of nitrogens with two attached hydrogens (primary N) is 1. The van der Waals surface area contributed by atoms with Gasteiger partial charge in [-0.25, -0.2) is 0 Å². The second-order valence-electron chi connectivity index (χ2n) is 8.53. The summed E-state index contributed by atoms with van der Waals surface area (Å²) < 4.78 is 4.61. The highest BCUT2D eigenvalue weighted by molar-refractivity contribution is 8.00. The van der Waals surface area contributed by atoms with Crippen LogP contribution in [0.25, 0.3) is 0 Å². The van der Waals surface area contributed by atoms with E-state index in [0.29, 0.717) is 11.0 Å². The van der Waals surface area contributed by atoms with E-state index in [9.17, 15) is 19.5 Å². The highest BCUT2D eigenvalue weighted by atomic mass is 32.2. The molecule has 4 N–H and O–H groups in total. The average Bonchev–Trinajstić information content (AvgIpc) is 3.14. The van der Waals surface area contributed by atoms with Gasteiger partial charge in [-0.3, -0.25) is 14.4 Å². The number of carboxylic acid groups (broad SMARTS) is 1. The van der Waals surface area contributed by atoms with Crippen LogP contribution in [-0.4, -0.2) is 106 Å². The number of hydrogen-bond acceptors (Lipinski definition) is 10. The lowest BCUT2D eigenvalue weighted by molar-refractivity contribution is -0.864. The Balaban J connectivity index is 1.70. The molecule has 2 saturated heterocycles. The molecular weight excluding hydrogens is 458 g/mol. The van der Waals surface area contributed by atoms with Crippen molar-refractivity contribution in [1.82, 2.24) is 19.6 Å². The SMILES string of the molecule is CON=C(C(=O)NC1C(=O)N2CC(C=CC[N+](C)(C)C)(C(=O)O)CS[C@H]12)c1nsc(N)n1. The fourth-order valence-electron chi connectivity index (χ4n) is 3.31. The topological polar surface area (TPSA) is 160 Å². The average molecular weight is 485 g/mol. The van der Waals surface area contributed by atoms with Crippen LogP contribution in [0, 0.1) is 5.41 Å². The van der Waals surface area contributed by atoms with Crippen LogP contribution in [0.5, 0.6) is 0 Å². The van der Waals surface area contributed by atoms with Crippen LogP contribution >= 0.6 is 23.3 Å². The highest BCUT2D eigenvalue weighted by Crippen LogP contribution is 2.43. The quantitative estimate of drug-likeness (QED) is 0.141. The summed E-state index contributed by atoms with van der Waals surface area (Å²) in [6.45, 7) is 0.703. The van der Waals surface area contributed by atoms with Crippen molar-refractivity contribution >= 4 is 51.9 Å². The van der Waals surface area contributed by atoms with Gasteiger partial charge in [0, 0.05) is 23.8 Å². The molecule has 32 heavy (non-hydrogen) atoms. The molecule has 2 aliphatic rings. The minimum Gasteiger partial charge on any atom is -0.481 e. The van der Waals surface area contributed by atoms with Gasteiger partial charge in [0.1, 0.15) is 23.9 Å². The van der Waals surface area contributed by atoms with Crippen molar-refractivity contribution in [2.75, 3.05) is 52.8 Å². The molecule has 2 fully saturated rings. The number of nitrogens with one attached hydrogen (secondary N) is 1. The summed E-state index contributed by atoms with van der Waals surface area (Å²) in [6.07, 6.45) is 3.53. The number of carboxylic acids is 1. The van der Waals surface area contributed by atoms with Crippen molar-refractivity contribution in [3.63, 3.8) is 0 Å². The molecule has 0 aliphatic carbocycles. The number of carbonyl (C=O) groups is 3. The van der Waals surface area contributed by atoms with Gasteiger partial charge < -0.3 is 30.4 Å². The van der Waals surface area contributed by atoms with Gasteiger partial charge in [0.05, 0.1) is 27.7 Å². The number of fused-ring (bicyclic) bond motifs is 1. The van der Waals surface area contributed by atoms with Crippen molar-refractivity contribution in [2.24, 2.45) is 10.6 Å². The molecule has 0 bridgehead atoms. The Labute approximate surface area is 193 Å². The van der Waals surface area contributed by atoms with Crippen LogP contribution in [0.2, 0.25) is 0 Å². The van der Waals surface area contributed by atoms with E-state index < -0.39 is 23.3 Å². The molecule has 3 atom stereocenters. The lowest BCUT2D eigenvalue weighted by atomic mass is 9.86. The van der Waals surface area contributed by atoms with E-state index in [2.05, 4.69) is 19.8 Å². The number of thioether (sulfide) groups is 1. The summed E-state index contributed by atoms with van der Waals surface area (Å²) in [5.41, 5.74) is 4.19. The molecule has 3 heterocycles. The Hall–Kier alpha value is -2.71. The monoisotopic (exact) mass is 484 g/mol. The summed E-state index contributed by atoms with van der Waals surface area (Å²) in [4.78, 5) is 47.6. The fraction of sp³-hybridized carbons (Fsp3) is 0.556. The molecule has 3 rings (SSSR count). The van der Waals surface area contributed by atoms with Crippen LogP contribution < -0.4 is 11.1 Å². The molecule has 0 radical (unpaired) electrons. The Morgan fingerprint density at radius 3 is 2.75 bits per heavy atom. The fourth-order valence-corrected chi connectivity index (χ4v) is 5.26. The molecule has 2 unspecified atom stereocenters. The van der Waals surface area contributed by atoms with Crippen LogP contribution in [0.3, 0.4) is 0 Å². The van der Waals surface area contributed by atoms with E-state index in [1.54, 1.807) is 6.08 Å². The number of rotatable bonds is 8. The first-order valence-electron chi connectivity index (χ1n) is 9.62. The van der Waals surface area contributed by atoms with Crippen molar-refractivity contribution in [2.45, 2.75) is 11.4 Å². The number of likely N-dealkylation sites (N-methyl/N-ethyl adjacent to an activating group) is 1. The number of quaternary nitrogens is 1. The number of oxime groups is 1.